The predicted octanol–water partition coefficient (Wildman–Crippen LogP) is 23.0. The lowest BCUT2D eigenvalue weighted by molar-refractivity contribution is -0.661. The fourth-order valence-electron chi connectivity index (χ4n) is 17.3. The first-order chi connectivity index (χ1) is 49.6. The summed E-state index contributed by atoms with van der Waals surface area (Å²) >= 11 is 0. The monoisotopic (exact) mass is 1380 g/mol. The predicted molar refractivity (Wildman–Crippen MR) is 434 cm³/mol. The molecule has 103 heavy (non-hydrogen) atoms. The molecular weight excluding hydrogens is 1250 g/mol. The Kier molecular flexibility index (Phi) is 27.8. The van der Waals surface area contributed by atoms with Crippen molar-refractivity contribution < 1.29 is 22.8 Å². The lowest BCUT2D eigenvalue weighted by atomic mass is 9.88. The van der Waals surface area contributed by atoms with Gasteiger partial charge in [0.05, 0.1) is 0 Å². The first-order valence-corrected chi connectivity index (χ1v) is 39.9. The minimum Gasteiger partial charge on any atom is -0.201 e. The van der Waals surface area contributed by atoms with Gasteiger partial charge in [0.15, 0.2) is 31.0 Å². The third kappa shape index (κ3) is 20.4. The fraction of sp³-hybridized carbons (Fsp3) is 0.439. The molecule has 5 heterocycles. The van der Waals surface area contributed by atoms with Gasteiger partial charge in [0, 0.05) is 86.5 Å². The highest BCUT2D eigenvalue weighted by molar-refractivity contribution is 5.65. The van der Waals surface area contributed by atoms with Crippen LogP contribution in [0.5, 0.6) is 0 Å². The molecule has 0 spiro atoms. The SMILES string of the molecule is Cc1ccccc1-c1cc(C2CCCC2)c(C)c[n+]1C.Cc1ccccc1-c1cc(C2CCCC2)c(CC(C)C)c[n+]1C.Cc1ccccc1-c1cc(C2CCCC2)cc[n+]1C.Cc1ccccc1-c1cc(CC(C)C)c(CC(C)C)c[n+]1C.Cc1ccccc1-c1ccc(C2CCCC2)c[n+]1C. The summed E-state index contributed by atoms with van der Waals surface area (Å²) in [7, 11) is 10.8. The highest BCUT2D eigenvalue weighted by atomic mass is 14.9. The van der Waals surface area contributed by atoms with E-state index >= 15 is 0 Å². The summed E-state index contributed by atoms with van der Waals surface area (Å²) in [5, 5.41) is 0. The maximum Gasteiger partial charge on any atom is 0.212 e. The summed E-state index contributed by atoms with van der Waals surface area (Å²) in [6.45, 7) is 27.1. The molecule has 0 radical (unpaired) electrons. The van der Waals surface area contributed by atoms with E-state index in [1.165, 1.54) is 221 Å². The molecule has 4 saturated carbocycles. The van der Waals surface area contributed by atoms with Gasteiger partial charge in [-0.1, -0.05) is 184 Å². The second kappa shape index (κ2) is 37.0. The summed E-state index contributed by atoms with van der Waals surface area (Å²) in [4.78, 5) is 0. The van der Waals surface area contributed by atoms with Crippen LogP contribution < -0.4 is 22.8 Å². The van der Waals surface area contributed by atoms with Crippen LogP contribution in [0.15, 0.2) is 195 Å². The standard InChI is InChI=1S/C22H30N.C21H30N.C19H24N.2C18H22N/c1-16(2)13-19-15-23(4)22(20-12-8-5-9-17(20)3)14-21(19)18-10-6-7-11-18;1-15(2)11-18-13-21(20-10-8-7-9-17(20)5)22(6)14-19(18)12-16(3)4;1-14-8-4-7-11-17(14)19-12-18(15(2)13-20(19)3)16-9-5-6-10-16;1-14-7-3-6-10-17(14)18-13-16(11-12-19(18)2)15-8-4-5-9-15;1-14-7-3-6-10-17(14)18-12-11-16(13-19(18)2)15-8-4-5-9-15/h5,8-9,12,14-16,18H,6-7,10-11,13H2,1-4H3;7-10,13-16H,11-12H2,1-6H3;4,7-8,11-13,16H,5-6,9-10H2,1-3H3;2*3,6-7,10-13,15H,4-5,8-9H2,1-2H3/q5*+1. The molecule has 5 aromatic heterocycles. The van der Waals surface area contributed by atoms with E-state index < -0.39 is 0 Å². The number of hydrogen-bond donors (Lipinski definition) is 0. The lowest BCUT2D eigenvalue weighted by Crippen LogP contribution is -2.32. The van der Waals surface area contributed by atoms with Crippen molar-refractivity contribution in [3.8, 4) is 56.3 Å². The van der Waals surface area contributed by atoms with Crippen LogP contribution in [-0.4, -0.2) is 0 Å². The minimum atomic E-state index is 0.684. The van der Waals surface area contributed by atoms with Gasteiger partial charge in [-0.25, -0.2) is 22.8 Å². The van der Waals surface area contributed by atoms with Crippen molar-refractivity contribution in [2.24, 2.45) is 53.0 Å². The number of hydrogen-bond acceptors (Lipinski definition) is 0. The zero-order valence-electron chi connectivity index (χ0n) is 66.7. The normalized spacial score (nSPS) is 14.8. The van der Waals surface area contributed by atoms with Crippen LogP contribution in [0, 0.1) is 59.3 Å². The van der Waals surface area contributed by atoms with E-state index in [0.29, 0.717) is 17.8 Å². The van der Waals surface area contributed by atoms with Gasteiger partial charge in [-0.2, -0.15) is 0 Å². The van der Waals surface area contributed by atoms with E-state index in [9.17, 15) is 0 Å². The number of rotatable bonds is 15. The van der Waals surface area contributed by atoms with Gasteiger partial charge in [-0.05, 0) is 240 Å². The number of aromatic nitrogens is 5. The molecule has 4 aliphatic carbocycles. The van der Waals surface area contributed by atoms with Crippen LogP contribution >= 0.6 is 0 Å². The number of benzene rings is 5. The summed E-state index contributed by atoms with van der Waals surface area (Å²) < 4.78 is 11.4. The van der Waals surface area contributed by atoms with Crippen LogP contribution in [0.4, 0.5) is 0 Å². The molecule has 0 N–H and O–H groups in total. The van der Waals surface area contributed by atoms with Gasteiger partial charge in [0.1, 0.15) is 35.2 Å². The molecule has 5 aromatic carbocycles. The Hall–Kier alpha value is -8.15. The second-order valence-electron chi connectivity index (χ2n) is 32.7. The van der Waals surface area contributed by atoms with Gasteiger partial charge in [-0.15, -0.1) is 0 Å². The molecule has 4 fully saturated rings. The zero-order chi connectivity index (χ0) is 73.3. The van der Waals surface area contributed by atoms with Gasteiger partial charge in [0.2, 0.25) is 28.5 Å². The molecule has 0 amide bonds. The Balaban J connectivity index is 0.000000139. The average molecular weight is 1380 g/mol. The average Bonchev–Trinajstić information content (AvgIpc) is 1.30. The Bertz CT molecular complexity index is 4400. The van der Waals surface area contributed by atoms with Gasteiger partial charge < -0.3 is 0 Å². The molecular formula is C98H128N5+5. The van der Waals surface area contributed by atoms with Crippen molar-refractivity contribution >= 4 is 0 Å². The van der Waals surface area contributed by atoms with Crippen LogP contribution in [0.1, 0.15) is 240 Å². The summed E-state index contributed by atoms with van der Waals surface area (Å²) in [6, 6.07) is 60.0. The Morgan fingerprint density at radius 1 is 0.272 bits per heavy atom. The molecule has 10 aromatic rings. The lowest BCUT2D eigenvalue weighted by Gasteiger charge is -2.17. The summed E-state index contributed by atoms with van der Waals surface area (Å²) in [6.07, 6.45) is 37.2. The van der Waals surface area contributed by atoms with E-state index in [4.69, 9.17) is 0 Å². The van der Waals surface area contributed by atoms with Crippen molar-refractivity contribution in [2.45, 2.75) is 229 Å². The van der Waals surface area contributed by atoms with E-state index in [1.807, 2.05) is 0 Å². The quantitative estimate of drug-likeness (QED) is 0.0912. The van der Waals surface area contributed by atoms with Crippen LogP contribution in [0.25, 0.3) is 56.3 Å². The maximum atomic E-state index is 2.50. The van der Waals surface area contributed by atoms with Crippen molar-refractivity contribution in [3.63, 3.8) is 0 Å². The van der Waals surface area contributed by atoms with Gasteiger partial charge in [-0.3, -0.25) is 0 Å². The molecule has 0 bridgehead atoms. The molecule has 5 nitrogen and oxygen atoms in total. The van der Waals surface area contributed by atoms with E-state index in [2.05, 4.69) is 336 Å². The van der Waals surface area contributed by atoms with Crippen molar-refractivity contribution in [1.82, 2.24) is 0 Å². The molecule has 5 heteroatoms. The van der Waals surface area contributed by atoms with Crippen molar-refractivity contribution in [3.05, 3.63) is 267 Å². The third-order valence-corrected chi connectivity index (χ3v) is 22.9. The topological polar surface area (TPSA) is 19.4 Å². The minimum absolute atomic E-state index is 0.684. The molecule has 0 saturated heterocycles. The number of pyridine rings is 5. The molecule has 0 unspecified atom stereocenters. The highest BCUT2D eigenvalue weighted by Crippen LogP contribution is 2.41. The smallest absolute Gasteiger partial charge is 0.201 e. The maximum absolute atomic E-state index is 2.50. The Morgan fingerprint density at radius 2 is 0.592 bits per heavy atom. The van der Waals surface area contributed by atoms with Crippen LogP contribution in [0.3, 0.4) is 0 Å². The van der Waals surface area contributed by atoms with E-state index in [0.717, 1.165) is 36.5 Å². The third-order valence-electron chi connectivity index (χ3n) is 22.9. The Labute approximate surface area is 624 Å². The summed E-state index contributed by atoms with van der Waals surface area (Å²) in [5.41, 5.74) is 32.4. The first kappa shape index (κ1) is 77.5. The molecule has 0 atom stereocenters. The fourth-order valence-corrected chi connectivity index (χ4v) is 17.3. The number of aryl methyl sites for hydroxylation is 11. The first-order valence-electron chi connectivity index (χ1n) is 39.9. The van der Waals surface area contributed by atoms with Crippen molar-refractivity contribution in [1.29, 1.82) is 0 Å². The molecule has 14 rings (SSSR count). The van der Waals surface area contributed by atoms with E-state index in [1.54, 1.807) is 16.7 Å². The van der Waals surface area contributed by atoms with Gasteiger partial charge in [0.25, 0.3) is 0 Å². The van der Waals surface area contributed by atoms with Crippen molar-refractivity contribution in [2.75, 3.05) is 0 Å². The number of nitrogens with zero attached hydrogens (tertiary/aromatic N) is 5. The largest absolute Gasteiger partial charge is 0.212 e. The molecule has 540 valence electrons. The van der Waals surface area contributed by atoms with E-state index in [-0.39, 0.29) is 0 Å². The molecule has 4 aliphatic rings. The van der Waals surface area contributed by atoms with Crippen LogP contribution in [0.2, 0.25) is 0 Å². The Morgan fingerprint density at radius 3 is 1.01 bits per heavy atom. The van der Waals surface area contributed by atoms with Crippen LogP contribution in [-0.2, 0) is 54.5 Å². The highest BCUT2D eigenvalue weighted by Gasteiger charge is 2.28. The zero-order valence-corrected chi connectivity index (χ0v) is 66.7. The molecule has 0 aliphatic heterocycles. The summed E-state index contributed by atoms with van der Waals surface area (Å²) in [5.74, 6) is 5.20. The second-order valence-corrected chi connectivity index (χ2v) is 32.7. The van der Waals surface area contributed by atoms with Gasteiger partial charge >= 0.3 is 0 Å².